The first-order chi connectivity index (χ1) is 6.13. The highest BCUT2D eigenvalue weighted by Crippen LogP contribution is 1.94. The summed E-state index contributed by atoms with van der Waals surface area (Å²) >= 11 is 0. The predicted octanol–water partition coefficient (Wildman–Crippen LogP) is -2.31. The number of carbonyl (C=O) groups is 3. The minimum Gasteiger partial charge on any atom is -0.323 e. The van der Waals surface area contributed by atoms with Crippen LogP contribution in [0, 0.1) is 0 Å². The number of rotatable bonds is 2. The van der Waals surface area contributed by atoms with Gasteiger partial charge in [-0.3, -0.25) is 19.7 Å². The highest BCUT2D eigenvalue weighted by Gasteiger charge is 2.25. The van der Waals surface area contributed by atoms with E-state index in [1.807, 2.05) is 0 Å². The summed E-state index contributed by atoms with van der Waals surface area (Å²) < 4.78 is 0. The summed E-state index contributed by atoms with van der Waals surface area (Å²) in [6, 6.07) is 0. The summed E-state index contributed by atoms with van der Waals surface area (Å²) in [5, 5.41) is 4.77. The molecular formula is C7H11N3O3. The van der Waals surface area contributed by atoms with E-state index in [4.69, 9.17) is 0 Å². The van der Waals surface area contributed by atoms with Crippen molar-refractivity contribution in [1.29, 1.82) is 0 Å². The van der Waals surface area contributed by atoms with Crippen molar-refractivity contribution in [3.05, 3.63) is 0 Å². The fourth-order valence-corrected chi connectivity index (χ4v) is 1.08. The number of amides is 3. The zero-order valence-electron chi connectivity index (χ0n) is 7.29. The van der Waals surface area contributed by atoms with Gasteiger partial charge in [0, 0.05) is 0 Å². The Hall–Kier alpha value is -1.43. The lowest BCUT2D eigenvalue weighted by Gasteiger charge is -2.25. The molecule has 1 heterocycles. The molecule has 0 bridgehead atoms. The molecule has 0 unspecified atom stereocenters. The highest BCUT2D eigenvalue weighted by atomic mass is 16.2. The van der Waals surface area contributed by atoms with Crippen LogP contribution in [0.15, 0.2) is 0 Å². The van der Waals surface area contributed by atoms with Crippen molar-refractivity contribution in [2.75, 3.05) is 26.7 Å². The molecule has 13 heavy (non-hydrogen) atoms. The number of hydrogen-bond donors (Lipinski definition) is 2. The van der Waals surface area contributed by atoms with E-state index in [1.165, 1.54) is 4.90 Å². The van der Waals surface area contributed by atoms with Gasteiger partial charge in [-0.15, -0.1) is 0 Å². The zero-order chi connectivity index (χ0) is 9.84. The summed E-state index contributed by atoms with van der Waals surface area (Å²) in [6.07, 6.45) is 0. The van der Waals surface area contributed by atoms with Crippen molar-refractivity contribution >= 4 is 17.7 Å². The zero-order valence-corrected chi connectivity index (χ0v) is 7.29. The molecule has 0 spiro atoms. The fourth-order valence-electron chi connectivity index (χ4n) is 1.08. The van der Waals surface area contributed by atoms with Crippen LogP contribution in [0.1, 0.15) is 0 Å². The first-order valence-electron chi connectivity index (χ1n) is 3.88. The summed E-state index contributed by atoms with van der Waals surface area (Å²) in [5.41, 5.74) is 0. The third-order valence-electron chi connectivity index (χ3n) is 1.63. The molecule has 6 heteroatoms. The Bertz CT molecular complexity index is 235. The second-order valence-electron chi connectivity index (χ2n) is 2.75. The smallest absolute Gasteiger partial charge is 0.246 e. The molecule has 2 N–H and O–H groups in total. The van der Waals surface area contributed by atoms with E-state index in [2.05, 4.69) is 10.6 Å². The minimum atomic E-state index is -0.430. The van der Waals surface area contributed by atoms with Gasteiger partial charge in [-0.25, -0.2) is 0 Å². The fraction of sp³-hybridized carbons (Fsp3) is 0.571. The molecule has 1 rings (SSSR count). The third kappa shape index (κ3) is 2.51. The van der Waals surface area contributed by atoms with E-state index in [1.54, 1.807) is 7.05 Å². The Kier molecular flexibility index (Phi) is 2.97. The van der Waals surface area contributed by atoms with Crippen molar-refractivity contribution in [3.8, 4) is 0 Å². The standard InChI is InChI=1S/C7H11N3O3/c1-8-2-7(13)10-3-5(11)9-6(12)4-10/h8H,2-4H2,1H3,(H,9,11,12). The molecule has 1 saturated heterocycles. The van der Waals surface area contributed by atoms with Gasteiger partial charge in [0.25, 0.3) is 0 Å². The largest absolute Gasteiger partial charge is 0.323 e. The lowest BCUT2D eigenvalue weighted by atomic mass is 10.3. The van der Waals surface area contributed by atoms with Gasteiger partial charge in [-0.1, -0.05) is 0 Å². The Morgan fingerprint density at radius 1 is 1.46 bits per heavy atom. The molecule has 1 fully saturated rings. The van der Waals surface area contributed by atoms with Gasteiger partial charge >= 0.3 is 0 Å². The SMILES string of the molecule is CNCC(=O)N1CC(=O)NC(=O)C1. The van der Waals surface area contributed by atoms with Crippen LogP contribution in [0.25, 0.3) is 0 Å². The Balaban J connectivity index is 2.54. The molecule has 0 saturated carbocycles. The normalized spacial score (nSPS) is 17.2. The van der Waals surface area contributed by atoms with Crippen molar-refractivity contribution in [2.45, 2.75) is 0 Å². The molecule has 3 amide bonds. The molecule has 1 aliphatic rings. The Morgan fingerprint density at radius 2 is 2.00 bits per heavy atom. The number of hydrogen-bond acceptors (Lipinski definition) is 4. The number of likely N-dealkylation sites (N-methyl/N-ethyl adjacent to an activating group) is 1. The molecule has 0 aromatic carbocycles. The van der Waals surface area contributed by atoms with Crippen molar-refractivity contribution in [1.82, 2.24) is 15.5 Å². The van der Waals surface area contributed by atoms with Crippen LogP contribution in [0.2, 0.25) is 0 Å². The number of carbonyl (C=O) groups excluding carboxylic acids is 3. The Morgan fingerprint density at radius 3 is 2.46 bits per heavy atom. The lowest BCUT2D eigenvalue weighted by molar-refractivity contribution is -0.144. The summed E-state index contributed by atoms with van der Waals surface area (Å²) in [7, 11) is 1.63. The van der Waals surface area contributed by atoms with Crippen molar-refractivity contribution in [3.63, 3.8) is 0 Å². The summed E-state index contributed by atoms with van der Waals surface area (Å²) in [4.78, 5) is 34.1. The maximum Gasteiger partial charge on any atom is 0.246 e. The molecule has 0 atom stereocenters. The molecule has 0 radical (unpaired) electrons. The predicted molar refractivity (Wildman–Crippen MR) is 43.7 cm³/mol. The van der Waals surface area contributed by atoms with Crippen LogP contribution >= 0.6 is 0 Å². The van der Waals surface area contributed by atoms with Crippen LogP contribution in [0.4, 0.5) is 0 Å². The molecule has 72 valence electrons. The monoisotopic (exact) mass is 185 g/mol. The molecule has 0 aromatic heterocycles. The van der Waals surface area contributed by atoms with Crippen LogP contribution in [0.5, 0.6) is 0 Å². The quantitative estimate of drug-likeness (QED) is 0.474. The van der Waals surface area contributed by atoms with Gasteiger partial charge in [-0.2, -0.15) is 0 Å². The van der Waals surface area contributed by atoms with E-state index >= 15 is 0 Å². The van der Waals surface area contributed by atoms with Gasteiger partial charge in [0.1, 0.15) is 13.1 Å². The van der Waals surface area contributed by atoms with E-state index in [-0.39, 0.29) is 25.5 Å². The first kappa shape index (κ1) is 9.66. The number of piperazine rings is 1. The lowest BCUT2D eigenvalue weighted by Crippen LogP contribution is -2.54. The molecular weight excluding hydrogens is 174 g/mol. The van der Waals surface area contributed by atoms with Crippen LogP contribution < -0.4 is 10.6 Å². The van der Waals surface area contributed by atoms with Gasteiger partial charge in [0.15, 0.2) is 0 Å². The minimum absolute atomic E-state index is 0.0355. The third-order valence-corrected chi connectivity index (χ3v) is 1.63. The Labute approximate surface area is 75.3 Å². The van der Waals surface area contributed by atoms with Crippen LogP contribution in [0.3, 0.4) is 0 Å². The maximum absolute atomic E-state index is 11.2. The van der Waals surface area contributed by atoms with Gasteiger partial charge in [0.2, 0.25) is 17.7 Å². The molecule has 6 nitrogen and oxygen atoms in total. The van der Waals surface area contributed by atoms with E-state index in [0.29, 0.717) is 0 Å². The van der Waals surface area contributed by atoms with E-state index in [0.717, 1.165) is 0 Å². The summed E-state index contributed by atoms with van der Waals surface area (Å²) in [6.45, 7) is 0.0685. The number of nitrogens with zero attached hydrogens (tertiary/aromatic N) is 1. The van der Waals surface area contributed by atoms with Crippen molar-refractivity contribution < 1.29 is 14.4 Å². The van der Waals surface area contributed by atoms with Gasteiger partial charge < -0.3 is 10.2 Å². The molecule has 1 aliphatic heterocycles. The average molecular weight is 185 g/mol. The van der Waals surface area contributed by atoms with Crippen LogP contribution in [-0.2, 0) is 14.4 Å². The summed E-state index contributed by atoms with van der Waals surface area (Å²) in [5.74, 6) is -1.10. The van der Waals surface area contributed by atoms with Crippen LogP contribution in [-0.4, -0.2) is 49.3 Å². The number of imide groups is 1. The maximum atomic E-state index is 11.2. The average Bonchev–Trinajstić information content (AvgIpc) is 2.03. The molecule has 0 aliphatic carbocycles. The number of nitrogens with one attached hydrogen (secondary N) is 2. The highest BCUT2D eigenvalue weighted by molar-refractivity contribution is 6.02. The second-order valence-corrected chi connectivity index (χ2v) is 2.75. The topological polar surface area (TPSA) is 78.5 Å². The van der Waals surface area contributed by atoms with E-state index in [9.17, 15) is 14.4 Å². The van der Waals surface area contributed by atoms with E-state index < -0.39 is 11.8 Å². The van der Waals surface area contributed by atoms with Gasteiger partial charge in [-0.05, 0) is 7.05 Å². The van der Waals surface area contributed by atoms with Crippen molar-refractivity contribution in [2.24, 2.45) is 0 Å². The van der Waals surface area contributed by atoms with Gasteiger partial charge in [0.05, 0.1) is 6.54 Å². The first-order valence-corrected chi connectivity index (χ1v) is 3.88. The molecule has 0 aromatic rings. The second kappa shape index (κ2) is 3.99.